The number of carbonyl (C=O) groups excluding carboxylic acids is 1. The lowest BCUT2D eigenvalue weighted by atomic mass is 10.1. The lowest BCUT2D eigenvalue weighted by Gasteiger charge is -2.18. The molecule has 0 saturated heterocycles. The highest BCUT2D eigenvalue weighted by atomic mass is 16.6. The van der Waals surface area contributed by atoms with Gasteiger partial charge in [0.25, 0.3) is 11.4 Å². The van der Waals surface area contributed by atoms with Crippen molar-refractivity contribution in [2.24, 2.45) is 0 Å². The smallest absolute Gasteiger partial charge is 0.338 e. The number of hydrogen-bond acceptors (Lipinski definition) is 7. The van der Waals surface area contributed by atoms with Crippen molar-refractivity contribution in [3.8, 4) is 0 Å². The first-order valence-electron chi connectivity index (χ1n) is 8.75. The summed E-state index contributed by atoms with van der Waals surface area (Å²) in [6, 6.07) is 10.3. The molecule has 0 spiro atoms. The highest BCUT2D eigenvalue weighted by molar-refractivity contribution is 5.91. The Balaban J connectivity index is 2.05. The van der Waals surface area contributed by atoms with Gasteiger partial charge in [0.1, 0.15) is 6.61 Å². The fourth-order valence-electron chi connectivity index (χ4n) is 2.60. The van der Waals surface area contributed by atoms with Crippen molar-refractivity contribution in [2.45, 2.75) is 27.0 Å². The Labute approximate surface area is 161 Å². The van der Waals surface area contributed by atoms with Crippen LogP contribution >= 0.6 is 0 Å². The van der Waals surface area contributed by atoms with Gasteiger partial charge in [0.2, 0.25) is 0 Å². The van der Waals surface area contributed by atoms with Crippen molar-refractivity contribution in [1.29, 1.82) is 0 Å². The molecule has 0 atom stereocenters. The van der Waals surface area contributed by atoms with Crippen LogP contribution in [0.15, 0.2) is 42.5 Å². The maximum atomic E-state index is 12.2. The Morgan fingerprint density at radius 1 is 0.929 bits per heavy atom. The van der Waals surface area contributed by atoms with E-state index in [0.717, 1.165) is 49.0 Å². The number of ether oxygens (including phenoxy) is 1. The van der Waals surface area contributed by atoms with E-state index in [9.17, 15) is 25.0 Å². The summed E-state index contributed by atoms with van der Waals surface area (Å²) in [5.74, 6) is -0.862. The van der Waals surface area contributed by atoms with Gasteiger partial charge in [-0.3, -0.25) is 25.1 Å². The second kappa shape index (κ2) is 9.56. The average molecular weight is 387 g/mol. The third-order valence-corrected chi connectivity index (χ3v) is 4.25. The first kappa shape index (κ1) is 21.0. The topological polar surface area (TPSA) is 116 Å². The number of nitro groups is 2. The molecule has 0 aliphatic carbocycles. The molecule has 0 aromatic heterocycles. The third kappa shape index (κ3) is 5.58. The molecule has 9 nitrogen and oxygen atoms in total. The first-order valence-corrected chi connectivity index (χ1v) is 8.75. The Bertz CT molecular complexity index is 830. The van der Waals surface area contributed by atoms with Crippen molar-refractivity contribution in [3.05, 3.63) is 79.4 Å². The van der Waals surface area contributed by atoms with Gasteiger partial charge >= 0.3 is 5.97 Å². The van der Waals surface area contributed by atoms with Gasteiger partial charge in [0.05, 0.1) is 21.5 Å². The van der Waals surface area contributed by atoms with Crippen LogP contribution in [0.1, 0.15) is 35.3 Å². The van der Waals surface area contributed by atoms with Gasteiger partial charge in [0, 0.05) is 18.7 Å². The van der Waals surface area contributed by atoms with Crippen LogP contribution < -0.4 is 0 Å². The van der Waals surface area contributed by atoms with Crippen LogP contribution in [0.2, 0.25) is 0 Å². The van der Waals surface area contributed by atoms with Crippen LogP contribution in [-0.2, 0) is 17.9 Å². The predicted molar refractivity (Wildman–Crippen MR) is 102 cm³/mol. The van der Waals surface area contributed by atoms with Crippen molar-refractivity contribution < 1.29 is 19.4 Å². The zero-order valence-corrected chi connectivity index (χ0v) is 15.7. The minimum atomic E-state index is -0.862. The molecular formula is C19H21N3O6. The zero-order valence-electron chi connectivity index (χ0n) is 15.7. The lowest BCUT2D eigenvalue weighted by Crippen LogP contribution is -2.22. The maximum absolute atomic E-state index is 12.2. The standard InChI is InChI=1S/C19H21N3O6/c1-3-20(4-2)12-14-5-7-15(8-6-14)13-28-19(23)16-9-17(21(24)25)11-18(10-16)22(26)27/h5-11H,3-4,12-13H2,1-2H3. The SMILES string of the molecule is CCN(CC)Cc1ccc(COC(=O)c2cc([N+](=O)[O-])cc([N+](=O)[O-])c2)cc1. The summed E-state index contributed by atoms with van der Waals surface area (Å²) >= 11 is 0. The Hall–Kier alpha value is -3.33. The highest BCUT2D eigenvalue weighted by Gasteiger charge is 2.20. The molecule has 28 heavy (non-hydrogen) atoms. The number of non-ortho nitro benzene ring substituents is 2. The summed E-state index contributed by atoms with van der Waals surface area (Å²) in [5, 5.41) is 21.8. The van der Waals surface area contributed by atoms with E-state index in [1.165, 1.54) is 0 Å². The monoisotopic (exact) mass is 387 g/mol. The maximum Gasteiger partial charge on any atom is 0.338 e. The van der Waals surface area contributed by atoms with Crippen molar-refractivity contribution in [1.82, 2.24) is 4.90 Å². The molecule has 0 fully saturated rings. The number of carbonyl (C=O) groups is 1. The number of benzene rings is 2. The Morgan fingerprint density at radius 2 is 1.43 bits per heavy atom. The Morgan fingerprint density at radius 3 is 1.89 bits per heavy atom. The minimum absolute atomic E-state index is 0.0408. The normalized spacial score (nSPS) is 10.7. The second-order valence-electron chi connectivity index (χ2n) is 6.11. The summed E-state index contributed by atoms with van der Waals surface area (Å²) in [7, 11) is 0. The minimum Gasteiger partial charge on any atom is -0.457 e. The molecule has 0 radical (unpaired) electrons. The summed E-state index contributed by atoms with van der Waals surface area (Å²) in [4.78, 5) is 34.7. The summed E-state index contributed by atoms with van der Waals surface area (Å²) in [6.07, 6.45) is 0. The zero-order chi connectivity index (χ0) is 20.7. The number of hydrogen-bond donors (Lipinski definition) is 0. The van der Waals surface area contributed by atoms with Gasteiger partial charge in [-0.2, -0.15) is 0 Å². The molecule has 2 rings (SSSR count). The van der Waals surface area contributed by atoms with E-state index in [4.69, 9.17) is 4.74 Å². The number of esters is 1. The molecule has 0 saturated carbocycles. The molecule has 9 heteroatoms. The van der Waals surface area contributed by atoms with E-state index in [0.29, 0.717) is 0 Å². The first-order chi connectivity index (χ1) is 13.3. The van der Waals surface area contributed by atoms with Crippen LogP contribution in [0.5, 0.6) is 0 Å². The molecule has 0 bridgehead atoms. The lowest BCUT2D eigenvalue weighted by molar-refractivity contribution is -0.394. The molecule has 0 aliphatic heterocycles. The molecule has 0 aliphatic rings. The van der Waals surface area contributed by atoms with Gasteiger partial charge in [-0.15, -0.1) is 0 Å². The van der Waals surface area contributed by atoms with Gasteiger partial charge in [-0.1, -0.05) is 38.1 Å². The van der Waals surface area contributed by atoms with Crippen LogP contribution in [-0.4, -0.2) is 33.8 Å². The number of nitro benzene ring substituents is 2. The number of nitrogens with zero attached hydrogens (tertiary/aromatic N) is 3. The fourth-order valence-corrected chi connectivity index (χ4v) is 2.60. The predicted octanol–water partition coefficient (Wildman–Crippen LogP) is 3.70. The molecule has 0 unspecified atom stereocenters. The number of rotatable bonds is 9. The molecule has 0 amide bonds. The molecule has 0 heterocycles. The van der Waals surface area contributed by atoms with E-state index in [1.807, 2.05) is 24.3 Å². The van der Waals surface area contributed by atoms with E-state index in [2.05, 4.69) is 18.7 Å². The average Bonchev–Trinajstić information content (AvgIpc) is 2.70. The van der Waals surface area contributed by atoms with E-state index in [1.54, 1.807) is 0 Å². The van der Waals surface area contributed by atoms with Crippen LogP contribution in [0.25, 0.3) is 0 Å². The van der Waals surface area contributed by atoms with Gasteiger partial charge in [-0.05, 0) is 24.2 Å². The van der Waals surface area contributed by atoms with E-state index >= 15 is 0 Å². The van der Waals surface area contributed by atoms with E-state index in [-0.39, 0.29) is 12.2 Å². The van der Waals surface area contributed by atoms with Gasteiger partial charge in [0.15, 0.2) is 0 Å². The van der Waals surface area contributed by atoms with Gasteiger partial charge in [-0.25, -0.2) is 4.79 Å². The quantitative estimate of drug-likeness (QED) is 0.366. The van der Waals surface area contributed by atoms with Crippen LogP contribution in [0.3, 0.4) is 0 Å². The molecule has 2 aromatic carbocycles. The third-order valence-electron chi connectivity index (χ3n) is 4.25. The summed E-state index contributed by atoms with van der Waals surface area (Å²) < 4.78 is 5.15. The highest BCUT2D eigenvalue weighted by Crippen LogP contribution is 2.23. The molecule has 0 N–H and O–H groups in total. The summed E-state index contributed by atoms with van der Waals surface area (Å²) in [6.45, 7) is 6.87. The van der Waals surface area contributed by atoms with E-state index < -0.39 is 27.2 Å². The molecule has 2 aromatic rings. The fraction of sp³-hybridized carbons (Fsp3) is 0.316. The van der Waals surface area contributed by atoms with Crippen molar-refractivity contribution >= 4 is 17.3 Å². The molecule has 148 valence electrons. The molecular weight excluding hydrogens is 366 g/mol. The van der Waals surface area contributed by atoms with Crippen molar-refractivity contribution in [3.63, 3.8) is 0 Å². The van der Waals surface area contributed by atoms with Crippen molar-refractivity contribution in [2.75, 3.05) is 13.1 Å². The van der Waals surface area contributed by atoms with Crippen LogP contribution in [0.4, 0.5) is 11.4 Å². The summed E-state index contributed by atoms with van der Waals surface area (Å²) in [5.41, 5.74) is 0.563. The largest absolute Gasteiger partial charge is 0.457 e. The van der Waals surface area contributed by atoms with Gasteiger partial charge < -0.3 is 4.74 Å². The van der Waals surface area contributed by atoms with Crippen LogP contribution in [0, 0.1) is 20.2 Å². The Kier molecular flexibility index (Phi) is 7.16. The second-order valence-corrected chi connectivity index (χ2v) is 6.11.